The summed E-state index contributed by atoms with van der Waals surface area (Å²) in [6.45, 7) is 8.44. The van der Waals surface area contributed by atoms with Crippen LogP contribution in [-0.2, 0) is 4.79 Å². The van der Waals surface area contributed by atoms with E-state index in [0.717, 1.165) is 12.3 Å². The lowest BCUT2D eigenvalue weighted by molar-refractivity contribution is -0.120. The Balaban J connectivity index is 2.11. The predicted molar refractivity (Wildman–Crippen MR) is 55.6 cm³/mol. The van der Waals surface area contributed by atoms with Crippen LogP contribution in [0.4, 0.5) is 0 Å². The summed E-state index contributed by atoms with van der Waals surface area (Å²) >= 11 is 0. The van der Waals surface area contributed by atoms with E-state index in [9.17, 15) is 4.79 Å². The number of ketones is 1. The van der Waals surface area contributed by atoms with E-state index in [0.29, 0.717) is 11.2 Å². The quantitative estimate of drug-likeness (QED) is 0.636. The minimum atomic E-state index is 0.276. The van der Waals surface area contributed by atoms with Crippen molar-refractivity contribution in [2.45, 2.75) is 53.4 Å². The molecule has 76 valence electrons. The molecule has 1 aliphatic rings. The Hall–Kier alpha value is -0.330. The number of carbonyl (C=O) groups is 1. The third kappa shape index (κ3) is 2.82. The molecule has 0 aromatic heterocycles. The fraction of sp³-hybridized carbons (Fsp3) is 0.917. The van der Waals surface area contributed by atoms with Crippen LogP contribution in [0.5, 0.6) is 0 Å². The molecule has 3 atom stereocenters. The number of rotatable bonds is 5. The van der Waals surface area contributed by atoms with Crippen molar-refractivity contribution in [1.82, 2.24) is 0 Å². The zero-order valence-electron chi connectivity index (χ0n) is 9.39. The van der Waals surface area contributed by atoms with Crippen LogP contribution in [0.1, 0.15) is 53.4 Å². The van der Waals surface area contributed by atoms with Crippen LogP contribution < -0.4 is 0 Å². The monoisotopic (exact) mass is 182 g/mol. The smallest absolute Gasteiger partial charge is 0.132 e. The van der Waals surface area contributed by atoms with Gasteiger partial charge in [0.2, 0.25) is 0 Å². The molecule has 0 amide bonds. The molecule has 0 heterocycles. The molecule has 1 aliphatic carbocycles. The maximum absolute atomic E-state index is 11.0. The van der Waals surface area contributed by atoms with E-state index in [1.807, 2.05) is 6.92 Å². The third-order valence-electron chi connectivity index (χ3n) is 3.88. The van der Waals surface area contributed by atoms with E-state index >= 15 is 0 Å². The highest BCUT2D eigenvalue weighted by Gasteiger charge is 2.45. The zero-order valence-corrected chi connectivity index (χ0v) is 9.39. The van der Waals surface area contributed by atoms with Crippen molar-refractivity contribution < 1.29 is 4.79 Å². The van der Waals surface area contributed by atoms with Gasteiger partial charge < -0.3 is 0 Å². The fourth-order valence-electron chi connectivity index (χ4n) is 2.00. The molecule has 0 aliphatic heterocycles. The summed E-state index contributed by atoms with van der Waals surface area (Å²) in [6.07, 6.45) is 5.01. The lowest BCUT2D eigenvalue weighted by Gasteiger charge is -2.11. The minimum absolute atomic E-state index is 0.276. The van der Waals surface area contributed by atoms with Crippen molar-refractivity contribution in [2.75, 3.05) is 0 Å². The van der Waals surface area contributed by atoms with E-state index in [1.165, 1.54) is 19.3 Å². The third-order valence-corrected chi connectivity index (χ3v) is 3.88. The Morgan fingerprint density at radius 3 is 2.54 bits per heavy atom. The summed E-state index contributed by atoms with van der Waals surface area (Å²) in [6, 6.07) is 0. The van der Waals surface area contributed by atoms with Gasteiger partial charge in [-0.05, 0) is 37.5 Å². The molecule has 1 nitrogen and oxygen atoms in total. The van der Waals surface area contributed by atoms with Crippen molar-refractivity contribution in [1.29, 1.82) is 0 Å². The van der Waals surface area contributed by atoms with Crippen LogP contribution in [0.25, 0.3) is 0 Å². The lowest BCUT2D eigenvalue weighted by Crippen LogP contribution is -2.07. The molecule has 1 saturated carbocycles. The molecular weight excluding hydrogens is 160 g/mol. The number of Topliss-reactive ketones (excluding diaryl/α,β-unsaturated/α-hetero) is 1. The average Bonchev–Trinajstić information content (AvgIpc) is 2.59. The number of hydrogen-bond donors (Lipinski definition) is 0. The van der Waals surface area contributed by atoms with Crippen molar-refractivity contribution in [3.63, 3.8) is 0 Å². The summed E-state index contributed by atoms with van der Waals surface area (Å²) in [4.78, 5) is 11.0. The molecule has 0 saturated heterocycles. The Morgan fingerprint density at radius 1 is 1.62 bits per heavy atom. The summed E-state index contributed by atoms with van der Waals surface area (Å²) in [5.74, 6) is 1.53. The Morgan fingerprint density at radius 2 is 2.15 bits per heavy atom. The molecule has 1 fully saturated rings. The maximum Gasteiger partial charge on any atom is 0.132 e. The molecule has 3 unspecified atom stereocenters. The Kier molecular flexibility index (Phi) is 3.15. The second kappa shape index (κ2) is 3.81. The van der Waals surface area contributed by atoms with Gasteiger partial charge in [0, 0.05) is 5.92 Å². The first-order chi connectivity index (χ1) is 5.96. The highest BCUT2D eigenvalue weighted by molar-refractivity contribution is 5.77. The van der Waals surface area contributed by atoms with Crippen molar-refractivity contribution in [3.8, 4) is 0 Å². The van der Waals surface area contributed by atoms with Gasteiger partial charge >= 0.3 is 0 Å². The number of hydrogen-bond acceptors (Lipinski definition) is 1. The van der Waals surface area contributed by atoms with Crippen LogP contribution >= 0.6 is 0 Å². The van der Waals surface area contributed by atoms with Gasteiger partial charge in [-0.15, -0.1) is 0 Å². The van der Waals surface area contributed by atoms with E-state index in [-0.39, 0.29) is 5.92 Å². The SMILES string of the molecule is CC(=O)C(C)CCCC1(C)CC1C. The van der Waals surface area contributed by atoms with Gasteiger partial charge in [0.1, 0.15) is 5.78 Å². The second-order valence-corrected chi connectivity index (χ2v) is 5.16. The van der Waals surface area contributed by atoms with E-state index < -0.39 is 0 Å². The second-order valence-electron chi connectivity index (χ2n) is 5.16. The van der Waals surface area contributed by atoms with Crippen molar-refractivity contribution >= 4 is 5.78 Å². The largest absolute Gasteiger partial charge is 0.300 e. The fourth-order valence-corrected chi connectivity index (χ4v) is 2.00. The summed E-state index contributed by atoms with van der Waals surface area (Å²) in [5, 5.41) is 0. The van der Waals surface area contributed by atoms with E-state index in [1.54, 1.807) is 6.92 Å². The summed E-state index contributed by atoms with van der Waals surface area (Å²) in [7, 11) is 0. The van der Waals surface area contributed by atoms with Crippen molar-refractivity contribution in [2.24, 2.45) is 17.3 Å². The van der Waals surface area contributed by atoms with Crippen LogP contribution in [-0.4, -0.2) is 5.78 Å². The lowest BCUT2D eigenvalue weighted by atomic mass is 9.94. The molecule has 1 heteroatoms. The first kappa shape index (κ1) is 10.7. The molecule has 0 radical (unpaired) electrons. The molecule has 0 N–H and O–H groups in total. The van der Waals surface area contributed by atoms with Crippen molar-refractivity contribution in [3.05, 3.63) is 0 Å². The molecule has 0 aromatic rings. The van der Waals surface area contributed by atoms with Gasteiger partial charge in [-0.25, -0.2) is 0 Å². The average molecular weight is 182 g/mol. The van der Waals surface area contributed by atoms with Gasteiger partial charge in [0.05, 0.1) is 0 Å². The van der Waals surface area contributed by atoms with Gasteiger partial charge in [-0.1, -0.05) is 27.2 Å². The molecule has 0 bridgehead atoms. The zero-order chi connectivity index (χ0) is 10.1. The highest BCUT2D eigenvalue weighted by Crippen LogP contribution is 2.55. The topological polar surface area (TPSA) is 17.1 Å². The van der Waals surface area contributed by atoms with Crippen LogP contribution in [0.2, 0.25) is 0 Å². The van der Waals surface area contributed by atoms with Crippen LogP contribution in [0.3, 0.4) is 0 Å². The highest BCUT2D eigenvalue weighted by atomic mass is 16.1. The Labute approximate surface area is 81.9 Å². The molecule has 0 spiro atoms. The molecule has 13 heavy (non-hydrogen) atoms. The van der Waals surface area contributed by atoms with Crippen LogP contribution in [0.15, 0.2) is 0 Å². The van der Waals surface area contributed by atoms with Gasteiger partial charge in [0.15, 0.2) is 0 Å². The first-order valence-corrected chi connectivity index (χ1v) is 5.46. The van der Waals surface area contributed by atoms with Gasteiger partial charge in [-0.2, -0.15) is 0 Å². The van der Waals surface area contributed by atoms with E-state index in [4.69, 9.17) is 0 Å². The Bertz CT molecular complexity index is 197. The summed E-state index contributed by atoms with van der Waals surface area (Å²) in [5.41, 5.74) is 0.622. The normalized spacial score (nSPS) is 34.3. The van der Waals surface area contributed by atoms with Gasteiger partial charge in [0.25, 0.3) is 0 Å². The standard InChI is InChI=1S/C12H22O/c1-9(11(3)13)6-5-7-12(4)8-10(12)2/h9-10H,5-8H2,1-4H3. The minimum Gasteiger partial charge on any atom is -0.300 e. The maximum atomic E-state index is 11.0. The molecule has 0 aromatic carbocycles. The molecule has 1 rings (SSSR count). The number of carbonyl (C=O) groups excluding carboxylic acids is 1. The van der Waals surface area contributed by atoms with E-state index in [2.05, 4.69) is 13.8 Å². The van der Waals surface area contributed by atoms with Crippen LogP contribution in [0, 0.1) is 17.3 Å². The van der Waals surface area contributed by atoms with Gasteiger partial charge in [-0.3, -0.25) is 4.79 Å². The summed E-state index contributed by atoms with van der Waals surface area (Å²) < 4.78 is 0. The predicted octanol–water partition coefficient (Wildman–Crippen LogP) is 3.43. The first-order valence-electron chi connectivity index (χ1n) is 5.46. The molecular formula is C12H22O.